The van der Waals surface area contributed by atoms with Crippen LogP contribution < -0.4 is 4.74 Å². The molecule has 4 rings (SSSR count). The van der Waals surface area contributed by atoms with Crippen LogP contribution >= 0.6 is 0 Å². The van der Waals surface area contributed by atoms with E-state index in [1.807, 2.05) is 29.2 Å². The molecule has 1 amide bonds. The second kappa shape index (κ2) is 7.61. The van der Waals surface area contributed by atoms with E-state index in [1.165, 1.54) is 0 Å². The number of pyridine rings is 1. The first-order valence-corrected chi connectivity index (χ1v) is 9.03. The third-order valence-electron chi connectivity index (χ3n) is 4.81. The summed E-state index contributed by atoms with van der Waals surface area (Å²) in [4.78, 5) is 23.1. The van der Waals surface area contributed by atoms with Gasteiger partial charge in [0.05, 0.1) is 13.3 Å². The number of hydrogen-bond acceptors (Lipinski definition) is 5. The first-order valence-electron chi connectivity index (χ1n) is 9.03. The van der Waals surface area contributed by atoms with Crippen LogP contribution in [0.25, 0.3) is 0 Å². The highest BCUT2D eigenvalue weighted by Gasteiger charge is 2.33. The van der Waals surface area contributed by atoms with Gasteiger partial charge in [-0.05, 0) is 42.7 Å². The quantitative estimate of drug-likeness (QED) is 0.692. The van der Waals surface area contributed by atoms with Gasteiger partial charge in [-0.1, -0.05) is 12.1 Å². The van der Waals surface area contributed by atoms with Crippen molar-refractivity contribution < 1.29 is 13.9 Å². The number of methoxy groups -OCH3 is 1. The number of carbonyl (C=O) groups excluding carboxylic acids is 1. The number of aromatic nitrogens is 2. The normalized spacial score (nSPS) is 16.5. The molecule has 0 spiro atoms. The van der Waals surface area contributed by atoms with Crippen molar-refractivity contribution in [2.24, 2.45) is 0 Å². The molecule has 3 heterocycles. The molecule has 1 fully saturated rings. The van der Waals surface area contributed by atoms with E-state index in [1.54, 1.807) is 37.8 Å². The van der Waals surface area contributed by atoms with E-state index in [9.17, 15) is 4.79 Å². The van der Waals surface area contributed by atoms with Gasteiger partial charge in [0.25, 0.3) is 5.91 Å². The molecule has 2 aromatic heterocycles. The van der Waals surface area contributed by atoms with Crippen molar-refractivity contribution in [1.29, 1.82) is 0 Å². The molecule has 138 valence electrons. The number of benzene rings is 1. The highest BCUT2D eigenvalue weighted by Crippen LogP contribution is 2.33. The third-order valence-corrected chi connectivity index (χ3v) is 4.81. The number of ether oxygens (including phenoxy) is 1. The van der Waals surface area contributed by atoms with Crippen LogP contribution in [0.1, 0.15) is 46.5 Å². The predicted molar refractivity (Wildman–Crippen MR) is 99.6 cm³/mol. The Labute approximate surface area is 157 Å². The first kappa shape index (κ1) is 17.3. The Morgan fingerprint density at radius 1 is 1.30 bits per heavy atom. The Bertz CT molecular complexity index is 923. The molecule has 0 aliphatic carbocycles. The fourth-order valence-electron chi connectivity index (χ4n) is 3.47. The SMILES string of the molecule is COc1cccc(Cc2cnc([C@@H]3CCCN3C(=O)c3ccncc3)o2)c1. The third kappa shape index (κ3) is 3.69. The number of hydrogen-bond donors (Lipinski definition) is 0. The van der Waals surface area contributed by atoms with Crippen molar-refractivity contribution in [3.63, 3.8) is 0 Å². The van der Waals surface area contributed by atoms with Crippen molar-refractivity contribution in [2.45, 2.75) is 25.3 Å². The van der Waals surface area contributed by atoms with Gasteiger partial charge in [-0.2, -0.15) is 0 Å². The summed E-state index contributed by atoms with van der Waals surface area (Å²) in [5, 5.41) is 0. The van der Waals surface area contributed by atoms with E-state index < -0.39 is 0 Å². The highest BCUT2D eigenvalue weighted by atomic mass is 16.5. The van der Waals surface area contributed by atoms with Crippen LogP contribution in [0.15, 0.2) is 59.4 Å². The number of amides is 1. The Hall–Kier alpha value is -3.15. The van der Waals surface area contributed by atoms with Gasteiger partial charge in [0.1, 0.15) is 17.6 Å². The molecule has 27 heavy (non-hydrogen) atoms. The lowest BCUT2D eigenvalue weighted by Crippen LogP contribution is -2.30. The maximum atomic E-state index is 12.8. The molecule has 1 aliphatic heterocycles. The minimum Gasteiger partial charge on any atom is -0.497 e. The van der Waals surface area contributed by atoms with Crippen LogP contribution in [-0.4, -0.2) is 34.4 Å². The molecule has 3 aromatic rings. The summed E-state index contributed by atoms with van der Waals surface area (Å²) < 4.78 is 11.3. The van der Waals surface area contributed by atoms with Gasteiger partial charge in [-0.25, -0.2) is 4.98 Å². The zero-order valence-electron chi connectivity index (χ0n) is 15.2. The molecular weight excluding hydrogens is 342 g/mol. The Morgan fingerprint density at radius 2 is 2.15 bits per heavy atom. The van der Waals surface area contributed by atoms with E-state index in [-0.39, 0.29) is 11.9 Å². The molecule has 0 unspecified atom stereocenters. The number of nitrogens with zero attached hydrogens (tertiary/aromatic N) is 3. The van der Waals surface area contributed by atoms with Crippen molar-refractivity contribution in [1.82, 2.24) is 14.9 Å². The molecule has 6 nitrogen and oxygen atoms in total. The molecule has 1 atom stereocenters. The number of carbonyl (C=O) groups is 1. The van der Waals surface area contributed by atoms with E-state index in [0.29, 0.717) is 24.4 Å². The topological polar surface area (TPSA) is 68.5 Å². The lowest BCUT2D eigenvalue weighted by Gasteiger charge is -2.22. The Kier molecular flexibility index (Phi) is 4.87. The molecule has 0 saturated carbocycles. The lowest BCUT2D eigenvalue weighted by molar-refractivity contribution is 0.0714. The summed E-state index contributed by atoms with van der Waals surface area (Å²) in [6, 6.07) is 11.2. The zero-order valence-corrected chi connectivity index (χ0v) is 15.2. The van der Waals surface area contributed by atoms with Gasteiger partial charge < -0.3 is 14.1 Å². The van der Waals surface area contributed by atoms with E-state index in [0.717, 1.165) is 29.9 Å². The van der Waals surface area contributed by atoms with Crippen LogP contribution in [0.4, 0.5) is 0 Å². The largest absolute Gasteiger partial charge is 0.497 e. The van der Waals surface area contributed by atoms with Gasteiger partial charge in [-0.3, -0.25) is 9.78 Å². The van der Waals surface area contributed by atoms with Gasteiger partial charge in [-0.15, -0.1) is 0 Å². The van der Waals surface area contributed by atoms with E-state index in [2.05, 4.69) is 9.97 Å². The number of rotatable bonds is 5. The summed E-state index contributed by atoms with van der Waals surface area (Å²) in [7, 11) is 1.65. The Morgan fingerprint density at radius 3 is 2.96 bits per heavy atom. The monoisotopic (exact) mass is 363 g/mol. The molecule has 0 N–H and O–H groups in total. The minimum atomic E-state index is -0.121. The summed E-state index contributed by atoms with van der Waals surface area (Å²) in [5.41, 5.74) is 1.73. The molecule has 0 radical (unpaired) electrons. The van der Waals surface area contributed by atoms with Crippen LogP contribution in [-0.2, 0) is 6.42 Å². The van der Waals surface area contributed by atoms with Crippen molar-refractivity contribution >= 4 is 5.91 Å². The first-order chi connectivity index (χ1) is 13.2. The van der Waals surface area contributed by atoms with Crippen LogP contribution in [0, 0.1) is 0 Å². The van der Waals surface area contributed by atoms with Gasteiger partial charge in [0.2, 0.25) is 5.89 Å². The van der Waals surface area contributed by atoms with Crippen LogP contribution in [0.2, 0.25) is 0 Å². The molecule has 1 aliphatic rings. The fraction of sp³-hybridized carbons (Fsp3) is 0.286. The smallest absolute Gasteiger partial charge is 0.254 e. The molecule has 1 aromatic carbocycles. The average molecular weight is 363 g/mol. The fourth-order valence-corrected chi connectivity index (χ4v) is 3.47. The summed E-state index contributed by atoms with van der Waals surface area (Å²) >= 11 is 0. The van der Waals surface area contributed by atoms with E-state index in [4.69, 9.17) is 9.15 Å². The zero-order chi connectivity index (χ0) is 18.6. The molecule has 6 heteroatoms. The van der Waals surface area contributed by atoms with Crippen molar-refractivity contribution in [2.75, 3.05) is 13.7 Å². The van der Waals surface area contributed by atoms with Crippen molar-refractivity contribution in [3.8, 4) is 5.75 Å². The van der Waals surface area contributed by atoms with Gasteiger partial charge in [0, 0.05) is 30.9 Å². The summed E-state index contributed by atoms with van der Waals surface area (Å²) in [6.45, 7) is 0.708. The van der Waals surface area contributed by atoms with Crippen LogP contribution in [0.3, 0.4) is 0 Å². The second-order valence-electron chi connectivity index (χ2n) is 6.59. The van der Waals surface area contributed by atoms with E-state index >= 15 is 0 Å². The minimum absolute atomic E-state index is 0.00699. The van der Waals surface area contributed by atoms with Crippen molar-refractivity contribution in [3.05, 3.63) is 77.8 Å². The molecular formula is C21H21N3O3. The lowest BCUT2D eigenvalue weighted by atomic mass is 10.1. The second-order valence-corrected chi connectivity index (χ2v) is 6.59. The summed E-state index contributed by atoms with van der Waals surface area (Å²) in [6.07, 6.45) is 7.45. The van der Waals surface area contributed by atoms with Gasteiger partial charge >= 0.3 is 0 Å². The molecule has 1 saturated heterocycles. The predicted octanol–water partition coefficient (Wildman–Crippen LogP) is 3.65. The number of likely N-dealkylation sites (tertiary alicyclic amines) is 1. The molecule has 0 bridgehead atoms. The average Bonchev–Trinajstić information content (AvgIpc) is 3.37. The highest BCUT2D eigenvalue weighted by molar-refractivity contribution is 5.94. The Balaban J connectivity index is 1.51. The van der Waals surface area contributed by atoms with Crippen LogP contribution in [0.5, 0.6) is 5.75 Å². The van der Waals surface area contributed by atoms with Gasteiger partial charge in [0.15, 0.2) is 0 Å². The number of oxazole rings is 1. The maximum absolute atomic E-state index is 12.8. The maximum Gasteiger partial charge on any atom is 0.254 e. The summed E-state index contributed by atoms with van der Waals surface area (Å²) in [5.74, 6) is 2.19. The standard InChI is InChI=1S/C21H21N3O3/c1-26-17-5-2-4-15(12-17)13-18-14-23-20(27-18)19-6-3-11-24(19)21(25)16-7-9-22-10-8-16/h2,4-5,7-10,12,14,19H,3,6,11,13H2,1H3/t19-/m0/s1.